The summed E-state index contributed by atoms with van der Waals surface area (Å²) in [7, 11) is 9.03. The Labute approximate surface area is 404 Å². The van der Waals surface area contributed by atoms with Crippen molar-refractivity contribution >= 4 is 24.2 Å². The molecule has 4 aliphatic rings. The van der Waals surface area contributed by atoms with Gasteiger partial charge in [-0.1, -0.05) is 45.1 Å². The van der Waals surface area contributed by atoms with E-state index in [4.69, 9.17) is 47.4 Å². The maximum Gasteiger partial charge on any atom is 0.309 e. The van der Waals surface area contributed by atoms with Gasteiger partial charge in [0, 0.05) is 45.3 Å². The first kappa shape index (κ1) is 57.7. The van der Waals surface area contributed by atoms with Crippen molar-refractivity contribution in [1.82, 2.24) is 9.80 Å². The molecule has 18 heteroatoms. The smallest absolute Gasteiger partial charge is 0.309 e. The Morgan fingerprint density at radius 3 is 2.18 bits per heavy atom. The molecule has 0 aromatic heterocycles. The maximum absolute atomic E-state index is 13.6. The highest BCUT2D eigenvalue weighted by Crippen LogP contribution is 2.38. The number of likely N-dealkylation sites (N-methyl/N-ethyl adjacent to an activating group) is 2. The van der Waals surface area contributed by atoms with Crippen LogP contribution < -0.4 is 0 Å². The molecule has 0 aromatic carbocycles. The lowest BCUT2D eigenvalue weighted by Crippen LogP contribution is -2.66. The maximum atomic E-state index is 13.6. The van der Waals surface area contributed by atoms with Gasteiger partial charge in [-0.2, -0.15) is 0 Å². The summed E-state index contributed by atoms with van der Waals surface area (Å²) in [5, 5.41) is 23.9. The van der Waals surface area contributed by atoms with Crippen LogP contribution in [0.2, 0.25) is 0 Å². The van der Waals surface area contributed by atoms with Gasteiger partial charge in [0.15, 0.2) is 25.0 Å². The van der Waals surface area contributed by atoms with E-state index >= 15 is 0 Å². The van der Waals surface area contributed by atoms with E-state index < -0.39 is 115 Å². The lowest BCUT2D eigenvalue weighted by Gasteiger charge is -2.50. The average molecular weight is 969 g/mol. The standard InChI is InChI=1S/C50H84N2O16/c1-14-19-39(55)66-48-33(7)62-42(28-50(48,8)58)67-45-32(6)63-49(44(57)43(45)52(11)12)68-46-34(24-25-53)26-29(3)36(65-41-23-22-35(51(9)10)31(5)61-41)21-18-16-17-20-30(4)60-40(56)27-37(47(46)59-13)64-38(54)15-2/h16-18,21,25,29-37,41-49,57-58H,14-15,19-20,22-24,26-28H2,1-13H3/b17-16-,21-18-/t29-,30-,31?,32?,33?,34+,35?,36?,37?,41?,42?,43?,44?,45?,46+,47+,48?,49?,50?/m1/s1. The predicted octanol–water partition coefficient (Wildman–Crippen LogP) is 4.64. The Kier molecular flexibility index (Phi) is 23.0. The summed E-state index contributed by atoms with van der Waals surface area (Å²) >= 11 is 0. The van der Waals surface area contributed by atoms with Gasteiger partial charge >= 0.3 is 17.9 Å². The monoisotopic (exact) mass is 969 g/mol. The van der Waals surface area contributed by atoms with Crippen molar-refractivity contribution in [2.24, 2.45) is 11.8 Å². The molecule has 4 rings (SSSR count). The summed E-state index contributed by atoms with van der Waals surface area (Å²) in [5.41, 5.74) is -1.50. The van der Waals surface area contributed by atoms with Crippen LogP contribution in [0.1, 0.15) is 120 Å². The third-order valence-corrected chi connectivity index (χ3v) is 13.6. The van der Waals surface area contributed by atoms with Gasteiger partial charge in [0.25, 0.3) is 0 Å². The molecule has 2 N–H and O–H groups in total. The third-order valence-electron chi connectivity index (χ3n) is 13.6. The number of nitrogens with zero attached hydrogens (tertiary/aromatic N) is 2. The van der Waals surface area contributed by atoms with Crippen LogP contribution in [0.15, 0.2) is 24.3 Å². The number of aliphatic hydroxyl groups is 2. The lowest BCUT2D eigenvalue weighted by atomic mass is 9.82. The second kappa shape index (κ2) is 27.1. The fraction of sp³-hybridized carbons (Fsp3) is 0.840. The minimum absolute atomic E-state index is 0.00342. The Morgan fingerprint density at radius 1 is 0.868 bits per heavy atom. The molecule has 0 amide bonds. The molecule has 0 aliphatic carbocycles. The van der Waals surface area contributed by atoms with E-state index in [1.807, 2.05) is 59.2 Å². The molecule has 0 bridgehead atoms. The van der Waals surface area contributed by atoms with Crippen LogP contribution in [-0.2, 0) is 66.5 Å². The molecular formula is C50H84N2O16. The Bertz CT molecular complexity index is 1640. The van der Waals surface area contributed by atoms with Crippen molar-refractivity contribution in [2.45, 2.75) is 223 Å². The molecule has 0 aromatic rings. The zero-order valence-electron chi connectivity index (χ0n) is 42.9. The molecule has 19 atom stereocenters. The van der Waals surface area contributed by atoms with Gasteiger partial charge in [0.05, 0.1) is 43.0 Å². The zero-order chi connectivity index (χ0) is 50.5. The number of esters is 3. The number of carbonyl (C=O) groups excluding carboxylic acids is 4. The van der Waals surface area contributed by atoms with Gasteiger partial charge in [-0.05, 0) is 100 Å². The van der Waals surface area contributed by atoms with E-state index in [1.54, 1.807) is 53.6 Å². The number of methoxy groups -OCH3 is 1. The first-order valence-electron chi connectivity index (χ1n) is 24.7. The minimum Gasteiger partial charge on any atom is -0.462 e. The Hall–Kier alpha value is -2.88. The van der Waals surface area contributed by atoms with Gasteiger partial charge in [-0.3, -0.25) is 14.4 Å². The van der Waals surface area contributed by atoms with Gasteiger partial charge in [-0.15, -0.1) is 0 Å². The summed E-state index contributed by atoms with van der Waals surface area (Å²) in [5.74, 6) is -2.59. The zero-order valence-corrected chi connectivity index (χ0v) is 42.9. The molecule has 390 valence electrons. The van der Waals surface area contributed by atoms with Crippen LogP contribution in [0.4, 0.5) is 0 Å². The number of ether oxygens (including phenoxy) is 10. The number of allylic oxidation sites excluding steroid dienone is 2. The summed E-state index contributed by atoms with van der Waals surface area (Å²) in [6.07, 6.45) is -1.07. The van der Waals surface area contributed by atoms with E-state index in [2.05, 4.69) is 4.90 Å². The minimum atomic E-state index is -1.50. The summed E-state index contributed by atoms with van der Waals surface area (Å²) < 4.78 is 62.9. The van der Waals surface area contributed by atoms with Crippen molar-refractivity contribution < 1.29 is 76.8 Å². The van der Waals surface area contributed by atoms with Crippen molar-refractivity contribution in [3.63, 3.8) is 0 Å². The van der Waals surface area contributed by atoms with E-state index in [0.29, 0.717) is 25.7 Å². The summed E-state index contributed by atoms with van der Waals surface area (Å²) in [6, 6.07) is -0.547. The van der Waals surface area contributed by atoms with E-state index in [-0.39, 0.29) is 50.2 Å². The van der Waals surface area contributed by atoms with Crippen LogP contribution >= 0.6 is 0 Å². The SMILES string of the molecule is CCCC(=O)OC1C(C)OC(OC2C(C)OC(O[C@H]3[C@@H](CC=O)C[C@@H](C)C(OC4CCC(N(C)C)C(C)O4)/C=C\C=C/C[C@@H](C)OC(=O)CC(OC(=O)CC)[C@@H]3OC)C(O)C2N(C)C)CC1(C)O. The summed E-state index contributed by atoms with van der Waals surface area (Å²) in [6.45, 7) is 14.4. The van der Waals surface area contributed by atoms with Crippen LogP contribution in [-0.4, -0.2) is 183 Å². The summed E-state index contributed by atoms with van der Waals surface area (Å²) in [4.78, 5) is 55.8. The molecule has 3 saturated heterocycles. The molecule has 4 heterocycles. The molecule has 14 unspecified atom stereocenters. The second-order valence-electron chi connectivity index (χ2n) is 19.8. The fourth-order valence-corrected chi connectivity index (χ4v) is 10.1. The molecule has 0 saturated carbocycles. The first-order valence-corrected chi connectivity index (χ1v) is 24.7. The predicted molar refractivity (Wildman–Crippen MR) is 250 cm³/mol. The van der Waals surface area contributed by atoms with Crippen LogP contribution in [0, 0.1) is 11.8 Å². The molecule has 0 radical (unpaired) electrons. The Morgan fingerprint density at radius 2 is 1.57 bits per heavy atom. The number of cyclic esters (lactones) is 1. The van der Waals surface area contributed by atoms with Gasteiger partial charge in [-0.25, -0.2) is 0 Å². The number of hydrogen-bond acceptors (Lipinski definition) is 18. The second-order valence-corrected chi connectivity index (χ2v) is 19.8. The fourth-order valence-electron chi connectivity index (χ4n) is 10.1. The molecule has 18 nitrogen and oxygen atoms in total. The van der Waals surface area contributed by atoms with Gasteiger partial charge < -0.3 is 72.2 Å². The highest BCUT2D eigenvalue weighted by atomic mass is 16.7. The Balaban J connectivity index is 1.72. The van der Waals surface area contributed by atoms with Crippen molar-refractivity contribution in [3.8, 4) is 0 Å². The first-order chi connectivity index (χ1) is 32.1. The van der Waals surface area contributed by atoms with Crippen molar-refractivity contribution in [1.29, 1.82) is 0 Å². The average Bonchev–Trinajstić information content (AvgIpc) is 3.25. The van der Waals surface area contributed by atoms with Gasteiger partial charge in [0.1, 0.15) is 42.4 Å². The van der Waals surface area contributed by atoms with Crippen LogP contribution in [0.5, 0.6) is 0 Å². The van der Waals surface area contributed by atoms with Crippen LogP contribution in [0.3, 0.4) is 0 Å². The highest BCUT2D eigenvalue weighted by Gasteiger charge is 2.53. The van der Waals surface area contributed by atoms with Crippen LogP contribution in [0.25, 0.3) is 0 Å². The number of aliphatic hydroxyl groups excluding tert-OH is 1. The number of aldehydes is 1. The van der Waals surface area contributed by atoms with E-state index in [1.165, 1.54) is 7.11 Å². The van der Waals surface area contributed by atoms with E-state index in [0.717, 1.165) is 12.7 Å². The normalized spacial score (nSPS) is 41.1. The molecular weight excluding hydrogens is 885 g/mol. The lowest BCUT2D eigenvalue weighted by molar-refractivity contribution is -0.344. The molecule has 3 fully saturated rings. The largest absolute Gasteiger partial charge is 0.462 e. The van der Waals surface area contributed by atoms with Crippen molar-refractivity contribution in [3.05, 3.63) is 24.3 Å². The quantitative estimate of drug-likeness (QED) is 0.123. The highest BCUT2D eigenvalue weighted by molar-refractivity contribution is 5.72. The van der Waals surface area contributed by atoms with E-state index in [9.17, 15) is 29.4 Å². The number of rotatable bonds is 16. The van der Waals surface area contributed by atoms with Gasteiger partial charge in [0.2, 0.25) is 0 Å². The number of hydrogen-bond donors (Lipinski definition) is 2. The van der Waals surface area contributed by atoms with Crippen molar-refractivity contribution in [2.75, 3.05) is 35.3 Å². The molecule has 68 heavy (non-hydrogen) atoms. The number of carbonyl (C=O) groups is 4. The topological polar surface area (TPSA) is 208 Å². The third kappa shape index (κ3) is 16.1. The molecule has 0 spiro atoms. The molecule has 4 aliphatic heterocycles.